The van der Waals surface area contributed by atoms with Crippen molar-refractivity contribution in [2.45, 2.75) is 25.7 Å². The molecule has 0 saturated carbocycles. The molecule has 0 aromatic heterocycles. The van der Waals surface area contributed by atoms with Crippen LogP contribution in [0, 0.1) is 0 Å². The van der Waals surface area contributed by atoms with E-state index < -0.39 is 0 Å². The van der Waals surface area contributed by atoms with Crippen molar-refractivity contribution in [2.75, 3.05) is 5.32 Å². The maximum atomic E-state index is 12.5. The third kappa shape index (κ3) is 3.43. The van der Waals surface area contributed by atoms with Crippen LogP contribution in [0.2, 0.25) is 0 Å². The molecule has 1 aliphatic rings. The molecule has 0 heterocycles. The highest BCUT2D eigenvalue weighted by Crippen LogP contribution is 2.42. The molecule has 1 aliphatic carbocycles. The van der Waals surface area contributed by atoms with Crippen molar-refractivity contribution in [3.63, 3.8) is 0 Å². The number of carbonyl (C=O) groups excluding carboxylic acids is 1. The molecule has 27 heavy (non-hydrogen) atoms. The van der Waals surface area contributed by atoms with E-state index in [1.807, 2.05) is 42.5 Å². The molecule has 0 fully saturated rings. The number of allylic oxidation sites excluding steroid dienone is 1. The first-order valence-corrected chi connectivity index (χ1v) is 9.31. The van der Waals surface area contributed by atoms with Crippen LogP contribution in [0.25, 0.3) is 5.57 Å². The summed E-state index contributed by atoms with van der Waals surface area (Å²) in [4.78, 5) is 12.5. The Morgan fingerprint density at radius 3 is 2.26 bits per heavy atom. The van der Waals surface area contributed by atoms with E-state index in [2.05, 4.69) is 61.6 Å². The van der Waals surface area contributed by atoms with Crippen LogP contribution in [-0.2, 0) is 5.41 Å². The van der Waals surface area contributed by atoms with Gasteiger partial charge in [-0.05, 0) is 58.4 Å². The predicted molar refractivity (Wildman–Crippen MR) is 112 cm³/mol. The highest BCUT2D eigenvalue weighted by molar-refractivity contribution is 6.04. The molecule has 4 rings (SSSR count). The van der Waals surface area contributed by atoms with Gasteiger partial charge in [-0.15, -0.1) is 0 Å². The lowest BCUT2D eigenvalue weighted by Crippen LogP contribution is -2.22. The van der Waals surface area contributed by atoms with E-state index in [9.17, 15) is 4.79 Å². The van der Waals surface area contributed by atoms with Crippen LogP contribution in [0.4, 0.5) is 5.69 Å². The molecule has 2 heteroatoms. The number of anilines is 1. The normalized spacial score (nSPS) is 14.8. The molecule has 3 aromatic carbocycles. The first kappa shape index (κ1) is 17.3. The molecule has 1 N–H and O–H groups in total. The fraction of sp³-hybridized carbons (Fsp3) is 0.160. The van der Waals surface area contributed by atoms with Gasteiger partial charge in [0.15, 0.2) is 0 Å². The van der Waals surface area contributed by atoms with Gasteiger partial charge in [0.1, 0.15) is 0 Å². The number of fused-ring (bicyclic) bond motifs is 1. The van der Waals surface area contributed by atoms with Crippen LogP contribution in [0.3, 0.4) is 0 Å². The van der Waals surface area contributed by atoms with Crippen molar-refractivity contribution < 1.29 is 4.79 Å². The Kier molecular flexibility index (Phi) is 4.41. The third-order valence-electron chi connectivity index (χ3n) is 5.23. The molecule has 134 valence electrons. The summed E-state index contributed by atoms with van der Waals surface area (Å²) >= 11 is 0. The van der Waals surface area contributed by atoms with Crippen LogP contribution >= 0.6 is 0 Å². The minimum Gasteiger partial charge on any atom is -0.322 e. The van der Waals surface area contributed by atoms with E-state index in [-0.39, 0.29) is 11.3 Å². The summed E-state index contributed by atoms with van der Waals surface area (Å²) < 4.78 is 0. The molecule has 0 unspecified atom stereocenters. The van der Waals surface area contributed by atoms with Gasteiger partial charge in [0, 0.05) is 11.3 Å². The van der Waals surface area contributed by atoms with Gasteiger partial charge in [0.25, 0.3) is 5.91 Å². The Hall–Kier alpha value is -3.13. The standard InChI is InChI=1S/C25H23NO/c1-25(2)16-15-21(18-9-5-3-6-10-18)22-17-20(13-14-23(22)25)26-24(27)19-11-7-4-8-12-19/h3-15,17H,16H2,1-2H3,(H,26,27). The van der Waals surface area contributed by atoms with Crippen LogP contribution in [0.15, 0.2) is 84.9 Å². The summed E-state index contributed by atoms with van der Waals surface area (Å²) in [5.74, 6) is -0.0872. The lowest BCUT2D eigenvalue weighted by Gasteiger charge is -2.32. The molecular weight excluding hydrogens is 330 g/mol. The first-order chi connectivity index (χ1) is 13.0. The van der Waals surface area contributed by atoms with Gasteiger partial charge >= 0.3 is 0 Å². The highest BCUT2D eigenvalue weighted by Gasteiger charge is 2.28. The SMILES string of the molecule is CC1(C)CC=C(c2ccccc2)c2cc(NC(=O)c3ccccc3)ccc21. The molecule has 0 aliphatic heterocycles. The number of benzene rings is 3. The Labute approximate surface area is 160 Å². The van der Waals surface area contributed by atoms with Gasteiger partial charge in [0.05, 0.1) is 0 Å². The second kappa shape index (κ2) is 6.88. The Morgan fingerprint density at radius 2 is 1.56 bits per heavy atom. The van der Waals surface area contributed by atoms with E-state index >= 15 is 0 Å². The monoisotopic (exact) mass is 353 g/mol. The van der Waals surface area contributed by atoms with E-state index in [1.54, 1.807) is 0 Å². The second-order valence-corrected chi connectivity index (χ2v) is 7.65. The molecule has 0 saturated heterocycles. The van der Waals surface area contributed by atoms with Gasteiger partial charge in [0.2, 0.25) is 0 Å². The predicted octanol–water partition coefficient (Wildman–Crippen LogP) is 6.05. The maximum Gasteiger partial charge on any atom is 0.255 e. The van der Waals surface area contributed by atoms with E-state index in [0.29, 0.717) is 5.56 Å². The Balaban J connectivity index is 1.72. The van der Waals surface area contributed by atoms with Gasteiger partial charge in [-0.2, -0.15) is 0 Å². The van der Waals surface area contributed by atoms with Crippen molar-refractivity contribution in [3.05, 3.63) is 107 Å². The number of hydrogen-bond acceptors (Lipinski definition) is 1. The summed E-state index contributed by atoms with van der Waals surface area (Å²) in [6.45, 7) is 4.54. The molecule has 2 nitrogen and oxygen atoms in total. The molecule has 0 radical (unpaired) electrons. The minimum absolute atomic E-state index is 0.0790. The van der Waals surface area contributed by atoms with E-state index in [1.165, 1.54) is 22.3 Å². The summed E-state index contributed by atoms with van der Waals surface area (Å²) in [5, 5.41) is 3.04. The van der Waals surface area contributed by atoms with E-state index in [0.717, 1.165) is 12.1 Å². The Bertz CT molecular complexity index is 1000. The van der Waals surface area contributed by atoms with Crippen molar-refractivity contribution in [2.24, 2.45) is 0 Å². The van der Waals surface area contributed by atoms with Crippen LogP contribution < -0.4 is 5.32 Å². The number of carbonyl (C=O) groups is 1. The lowest BCUT2D eigenvalue weighted by molar-refractivity contribution is 0.102. The van der Waals surface area contributed by atoms with Crippen LogP contribution in [0.1, 0.15) is 47.3 Å². The molecule has 0 bridgehead atoms. The molecular formula is C25H23NO. The topological polar surface area (TPSA) is 29.1 Å². The van der Waals surface area contributed by atoms with Gasteiger partial charge in [-0.1, -0.05) is 74.5 Å². The second-order valence-electron chi connectivity index (χ2n) is 7.65. The summed E-state index contributed by atoms with van der Waals surface area (Å²) in [6.07, 6.45) is 3.32. The first-order valence-electron chi connectivity index (χ1n) is 9.31. The van der Waals surface area contributed by atoms with Gasteiger partial charge in [-0.25, -0.2) is 0 Å². The number of amides is 1. The fourth-order valence-corrected chi connectivity index (χ4v) is 3.70. The minimum atomic E-state index is -0.0872. The zero-order valence-corrected chi connectivity index (χ0v) is 15.7. The average Bonchev–Trinajstić information content (AvgIpc) is 2.69. The number of nitrogens with one attached hydrogen (secondary N) is 1. The van der Waals surface area contributed by atoms with Crippen molar-refractivity contribution in [1.82, 2.24) is 0 Å². The van der Waals surface area contributed by atoms with Crippen molar-refractivity contribution >= 4 is 17.2 Å². The van der Waals surface area contributed by atoms with Crippen molar-refractivity contribution in [1.29, 1.82) is 0 Å². The zero-order chi connectivity index (χ0) is 18.9. The molecule has 0 spiro atoms. The smallest absolute Gasteiger partial charge is 0.255 e. The zero-order valence-electron chi connectivity index (χ0n) is 15.7. The van der Waals surface area contributed by atoms with Crippen molar-refractivity contribution in [3.8, 4) is 0 Å². The summed E-state index contributed by atoms with van der Waals surface area (Å²) in [6, 6.07) is 26.0. The van der Waals surface area contributed by atoms with E-state index in [4.69, 9.17) is 0 Å². The number of rotatable bonds is 3. The summed E-state index contributed by atoms with van der Waals surface area (Å²) in [7, 11) is 0. The molecule has 0 atom stereocenters. The summed E-state index contributed by atoms with van der Waals surface area (Å²) in [5.41, 5.74) is 6.53. The van der Waals surface area contributed by atoms with Gasteiger partial charge < -0.3 is 5.32 Å². The van der Waals surface area contributed by atoms with Gasteiger partial charge in [-0.3, -0.25) is 4.79 Å². The third-order valence-corrected chi connectivity index (χ3v) is 5.23. The number of hydrogen-bond donors (Lipinski definition) is 1. The lowest BCUT2D eigenvalue weighted by atomic mass is 9.72. The Morgan fingerprint density at radius 1 is 0.889 bits per heavy atom. The molecule has 3 aromatic rings. The van der Waals surface area contributed by atoms with Crippen LogP contribution in [0.5, 0.6) is 0 Å². The molecule has 1 amide bonds. The van der Waals surface area contributed by atoms with Crippen LogP contribution in [-0.4, -0.2) is 5.91 Å². The quantitative estimate of drug-likeness (QED) is 0.610. The largest absolute Gasteiger partial charge is 0.322 e. The fourth-order valence-electron chi connectivity index (χ4n) is 3.70. The maximum absolute atomic E-state index is 12.5. The highest BCUT2D eigenvalue weighted by atomic mass is 16.1. The average molecular weight is 353 g/mol.